The Balaban J connectivity index is 1.55. The third-order valence-electron chi connectivity index (χ3n) is 4.98. The van der Waals surface area contributed by atoms with Crippen molar-refractivity contribution >= 4 is 5.91 Å². The van der Waals surface area contributed by atoms with Crippen LogP contribution < -0.4 is 24.4 Å². The minimum absolute atomic E-state index is 0.00763. The highest BCUT2D eigenvalue weighted by atomic mass is 16.5. The lowest BCUT2D eigenvalue weighted by Gasteiger charge is -2.16. The number of hydrogen-bond donors (Lipinski definition) is 2. The minimum Gasteiger partial charge on any atom is -0.497 e. The first-order chi connectivity index (χ1) is 14.0. The first-order valence-electron chi connectivity index (χ1n) is 10.1. The number of ether oxygens (including phenoxy) is 3. The molecule has 0 fully saturated rings. The van der Waals surface area contributed by atoms with Crippen LogP contribution in [0.1, 0.15) is 30.5 Å². The zero-order chi connectivity index (χ0) is 20.8. The van der Waals surface area contributed by atoms with Gasteiger partial charge in [0.1, 0.15) is 29.9 Å². The van der Waals surface area contributed by atoms with Gasteiger partial charge >= 0.3 is 0 Å². The van der Waals surface area contributed by atoms with Crippen molar-refractivity contribution in [1.29, 1.82) is 0 Å². The normalized spacial score (nSPS) is 15.9. The van der Waals surface area contributed by atoms with E-state index in [2.05, 4.69) is 12.2 Å². The highest BCUT2D eigenvalue weighted by Crippen LogP contribution is 2.35. The Morgan fingerprint density at radius 2 is 2.03 bits per heavy atom. The number of fused-ring (bicyclic) bond motifs is 1. The monoisotopic (exact) mass is 399 g/mol. The molecule has 29 heavy (non-hydrogen) atoms. The summed E-state index contributed by atoms with van der Waals surface area (Å²) in [7, 11) is 3.67. The predicted molar refractivity (Wildman–Crippen MR) is 112 cm³/mol. The number of rotatable bonds is 9. The van der Waals surface area contributed by atoms with Gasteiger partial charge in [-0.3, -0.25) is 4.79 Å². The SMILES string of the molecule is CCOc1cc2c(cc1CNC(=O)C[NH+](C)Cc1ccc(OC)cc1)O[C@@H](C)C2. The summed E-state index contributed by atoms with van der Waals surface area (Å²) in [6.07, 6.45) is 1.07. The van der Waals surface area contributed by atoms with Gasteiger partial charge in [0, 0.05) is 29.7 Å². The Morgan fingerprint density at radius 1 is 1.28 bits per heavy atom. The van der Waals surface area contributed by atoms with Gasteiger partial charge in [0.05, 0.1) is 20.8 Å². The highest BCUT2D eigenvalue weighted by Gasteiger charge is 2.22. The minimum atomic E-state index is 0.00763. The molecule has 2 N–H and O–H groups in total. The standard InChI is InChI=1S/C23H30N2O4/c1-5-28-21-11-18-10-16(2)29-22(18)12-19(21)13-24-23(26)15-25(3)14-17-6-8-20(27-4)9-7-17/h6-9,11-12,16H,5,10,13-15H2,1-4H3,(H,24,26)/p+1/t16-/m0/s1. The average molecular weight is 400 g/mol. The van der Waals surface area contributed by atoms with Gasteiger partial charge in [0.15, 0.2) is 6.54 Å². The van der Waals surface area contributed by atoms with Crippen molar-refractivity contribution in [3.05, 3.63) is 53.1 Å². The topological polar surface area (TPSA) is 61.2 Å². The number of benzene rings is 2. The van der Waals surface area contributed by atoms with E-state index < -0.39 is 0 Å². The van der Waals surface area contributed by atoms with Crippen LogP contribution in [0.3, 0.4) is 0 Å². The molecule has 1 unspecified atom stereocenters. The maximum atomic E-state index is 12.4. The molecule has 6 heteroatoms. The second-order valence-electron chi connectivity index (χ2n) is 7.57. The van der Waals surface area contributed by atoms with Gasteiger partial charge in [-0.25, -0.2) is 0 Å². The van der Waals surface area contributed by atoms with Gasteiger partial charge in [-0.2, -0.15) is 0 Å². The summed E-state index contributed by atoms with van der Waals surface area (Å²) in [4.78, 5) is 13.6. The van der Waals surface area contributed by atoms with Crippen molar-refractivity contribution in [2.75, 3.05) is 27.3 Å². The van der Waals surface area contributed by atoms with E-state index in [9.17, 15) is 4.79 Å². The summed E-state index contributed by atoms with van der Waals surface area (Å²) in [5.41, 5.74) is 3.28. The molecule has 1 heterocycles. The molecule has 3 rings (SSSR count). The Labute approximate surface area is 172 Å². The first-order valence-corrected chi connectivity index (χ1v) is 10.1. The van der Waals surface area contributed by atoms with Crippen molar-refractivity contribution in [2.24, 2.45) is 0 Å². The van der Waals surface area contributed by atoms with Crippen molar-refractivity contribution in [2.45, 2.75) is 39.5 Å². The van der Waals surface area contributed by atoms with Gasteiger partial charge < -0.3 is 24.4 Å². The van der Waals surface area contributed by atoms with Crippen molar-refractivity contribution in [3.8, 4) is 17.2 Å². The number of carbonyl (C=O) groups is 1. The van der Waals surface area contributed by atoms with Crippen LogP contribution in [0.5, 0.6) is 17.2 Å². The lowest BCUT2D eigenvalue weighted by molar-refractivity contribution is -0.885. The largest absolute Gasteiger partial charge is 0.497 e. The number of methoxy groups -OCH3 is 1. The second kappa shape index (κ2) is 9.65. The molecule has 1 aliphatic rings. The van der Waals surface area contributed by atoms with E-state index in [0.717, 1.165) is 40.7 Å². The molecule has 6 nitrogen and oxygen atoms in total. The summed E-state index contributed by atoms with van der Waals surface area (Å²) in [5, 5.41) is 3.02. The summed E-state index contributed by atoms with van der Waals surface area (Å²) < 4.78 is 16.8. The molecule has 0 aliphatic carbocycles. The van der Waals surface area contributed by atoms with Crippen LogP contribution in [0.15, 0.2) is 36.4 Å². The molecule has 0 saturated carbocycles. The smallest absolute Gasteiger partial charge is 0.275 e. The van der Waals surface area contributed by atoms with E-state index in [-0.39, 0.29) is 12.0 Å². The lowest BCUT2D eigenvalue weighted by atomic mass is 10.1. The number of nitrogens with one attached hydrogen (secondary N) is 2. The fourth-order valence-corrected chi connectivity index (χ4v) is 3.59. The second-order valence-corrected chi connectivity index (χ2v) is 7.57. The number of amides is 1. The molecule has 0 spiro atoms. The molecule has 156 valence electrons. The molecule has 2 aromatic carbocycles. The van der Waals surface area contributed by atoms with Crippen molar-refractivity contribution in [1.82, 2.24) is 5.32 Å². The van der Waals surface area contributed by atoms with Crippen LogP contribution in [0.4, 0.5) is 0 Å². The molecular formula is C23H31N2O4+. The summed E-state index contributed by atoms with van der Waals surface area (Å²) in [6.45, 7) is 6.20. The fraction of sp³-hybridized carbons (Fsp3) is 0.435. The third-order valence-corrected chi connectivity index (χ3v) is 4.98. The summed E-state index contributed by atoms with van der Waals surface area (Å²) in [6, 6.07) is 12.0. The highest BCUT2D eigenvalue weighted by molar-refractivity contribution is 5.76. The van der Waals surface area contributed by atoms with E-state index >= 15 is 0 Å². The van der Waals surface area contributed by atoms with E-state index in [4.69, 9.17) is 14.2 Å². The van der Waals surface area contributed by atoms with E-state index in [1.807, 2.05) is 50.4 Å². The van der Waals surface area contributed by atoms with Gasteiger partial charge in [-0.1, -0.05) is 0 Å². The van der Waals surface area contributed by atoms with Gasteiger partial charge in [-0.05, 0) is 50.2 Å². The molecular weight excluding hydrogens is 368 g/mol. The van der Waals surface area contributed by atoms with Crippen LogP contribution in [0.2, 0.25) is 0 Å². The van der Waals surface area contributed by atoms with Crippen LogP contribution in [0.25, 0.3) is 0 Å². The predicted octanol–water partition coefficient (Wildman–Crippen LogP) is 1.75. The quantitative estimate of drug-likeness (QED) is 0.675. The molecule has 2 aromatic rings. The Hall–Kier alpha value is -2.73. The summed E-state index contributed by atoms with van der Waals surface area (Å²) >= 11 is 0. The first kappa shape index (κ1) is 21.0. The van der Waals surface area contributed by atoms with Crippen molar-refractivity contribution in [3.63, 3.8) is 0 Å². The number of likely N-dealkylation sites (N-methyl/N-ethyl adjacent to an activating group) is 1. The van der Waals surface area contributed by atoms with Crippen LogP contribution in [-0.2, 0) is 24.3 Å². The van der Waals surface area contributed by atoms with Crippen LogP contribution in [-0.4, -0.2) is 39.3 Å². The van der Waals surface area contributed by atoms with E-state index in [0.29, 0.717) is 19.7 Å². The number of quaternary nitrogens is 1. The number of hydrogen-bond acceptors (Lipinski definition) is 4. The average Bonchev–Trinajstić information content (AvgIpc) is 3.05. The third kappa shape index (κ3) is 5.64. The van der Waals surface area contributed by atoms with Crippen LogP contribution >= 0.6 is 0 Å². The molecule has 0 radical (unpaired) electrons. The van der Waals surface area contributed by atoms with Crippen LogP contribution in [0, 0.1) is 0 Å². The molecule has 1 amide bonds. The Kier molecular flexibility index (Phi) is 6.99. The Bertz CT molecular complexity index is 836. The van der Waals surface area contributed by atoms with Gasteiger partial charge in [0.25, 0.3) is 5.91 Å². The molecule has 1 aliphatic heterocycles. The molecule has 0 aromatic heterocycles. The zero-order valence-corrected chi connectivity index (χ0v) is 17.7. The summed E-state index contributed by atoms with van der Waals surface area (Å²) in [5.74, 6) is 2.56. The molecule has 0 bridgehead atoms. The lowest BCUT2D eigenvalue weighted by Crippen LogP contribution is -3.08. The maximum Gasteiger partial charge on any atom is 0.275 e. The van der Waals surface area contributed by atoms with E-state index in [1.165, 1.54) is 11.1 Å². The Morgan fingerprint density at radius 3 is 2.72 bits per heavy atom. The van der Waals surface area contributed by atoms with Gasteiger partial charge in [0.2, 0.25) is 0 Å². The van der Waals surface area contributed by atoms with Crippen molar-refractivity contribution < 1.29 is 23.9 Å². The molecule has 2 atom stereocenters. The zero-order valence-electron chi connectivity index (χ0n) is 17.7. The van der Waals surface area contributed by atoms with E-state index in [1.54, 1.807) is 7.11 Å². The van der Waals surface area contributed by atoms with Gasteiger partial charge in [-0.15, -0.1) is 0 Å². The maximum absolute atomic E-state index is 12.4. The number of carbonyl (C=O) groups excluding carboxylic acids is 1. The fourth-order valence-electron chi connectivity index (χ4n) is 3.59. The molecule has 0 saturated heterocycles.